The molecule has 0 saturated heterocycles. The van der Waals surface area contributed by atoms with Crippen LogP contribution in [0.4, 0.5) is 24.5 Å². The fourth-order valence-corrected chi connectivity index (χ4v) is 4.68. The van der Waals surface area contributed by atoms with Gasteiger partial charge in [-0.15, -0.1) is 0 Å². The van der Waals surface area contributed by atoms with Gasteiger partial charge in [0, 0.05) is 31.4 Å². The highest BCUT2D eigenvalue weighted by Crippen LogP contribution is 2.35. The lowest BCUT2D eigenvalue weighted by Gasteiger charge is -2.26. The van der Waals surface area contributed by atoms with Crippen molar-refractivity contribution in [1.82, 2.24) is 9.78 Å². The number of carbonyl (C=O) groups is 1. The van der Waals surface area contributed by atoms with Crippen LogP contribution in [0.25, 0.3) is 5.69 Å². The van der Waals surface area contributed by atoms with Crippen LogP contribution in [0.1, 0.15) is 40.2 Å². The minimum Gasteiger partial charge on any atom is -0.366 e. The maximum atomic E-state index is 13.5. The number of rotatable bonds is 9. The molecule has 1 heterocycles. The van der Waals surface area contributed by atoms with Crippen LogP contribution in [-0.2, 0) is 19.3 Å². The molecule has 5 rings (SSSR count). The molecule has 1 aliphatic rings. The Kier molecular flexibility index (Phi) is 7.63. The van der Waals surface area contributed by atoms with E-state index in [1.54, 1.807) is 36.4 Å². The van der Waals surface area contributed by atoms with Crippen LogP contribution >= 0.6 is 11.6 Å². The highest BCUT2D eigenvalue weighted by Gasteiger charge is 2.36. The summed E-state index contributed by atoms with van der Waals surface area (Å²) in [5.41, 5.74) is 7.62. The maximum Gasteiger partial charge on any atom is 0.435 e. The van der Waals surface area contributed by atoms with Crippen molar-refractivity contribution in [2.45, 2.75) is 32.1 Å². The fraction of sp³-hybridized carbons (Fsp3) is 0.241. The quantitative estimate of drug-likeness (QED) is 0.243. The van der Waals surface area contributed by atoms with Crippen LogP contribution < -0.4 is 16.0 Å². The molecule has 0 bridgehead atoms. The molecule has 0 unspecified atom stereocenters. The van der Waals surface area contributed by atoms with Gasteiger partial charge in [-0.25, -0.2) is 4.68 Å². The highest BCUT2D eigenvalue weighted by atomic mass is 35.5. The van der Waals surface area contributed by atoms with E-state index in [-0.39, 0.29) is 12.2 Å². The van der Waals surface area contributed by atoms with Crippen LogP contribution in [0.2, 0.25) is 5.02 Å². The van der Waals surface area contributed by atoms with Gasteiger partial charge in [-0.05, 0) is 66.3 Å². The zero-order chi connectivity index (χ0) is 27.6. The van der Waals surface area contributed by atoms with Crippen LogP contribution in [0.15, 0.2) is 78.9 Å². The zero-order valence-electron chi connectivity index (χ0n) is 21.0. The standard InChI is InChI=1S/C29H27ClF3N5O/c30-24-9-1-2-10-25(24)37(17-19-11-12-19)18-21-6-3-7-22(13-21)35-28(39)26-15-27(29(31,32)33)36-38(26)23-8-4-5-20(14-23)16-34/h1-10,13-15,19H,11-12,16-18,34H2,(H,35,39). The molecule has 1 aromatic heterocycles. The molecule has 0 radical (unpaired) electrons. The van der Waals surface area contributed by atoms with E-state index in [0.717, 1.165) is 28.5 Å². The molecule has 3 aromatic carbocycles. The second kappa shape index (κ2) is 11.1. The summed E-state index contributed by atoms with van der Waals surface area (Å²) in [6.45, 7) is 1.62. The highest BCUT2D eigenvalue weighted by molar-refractivity contribution is 6.33. The third-order valence-electron chi connectivity index (χ3n) is 6.55. The van der Waals surface area contributed by atoms with Crippen LogP contribution in [0.3, 0.4) is 0 Å². The SMILES string of the molecule is NCc1cccc(-n2nc(C(F)(F)F)cc2C(=O)Nc2cccc(CN(CC3CC3)c3ccccc3Cl)c2)c1. The summed E-state index contributed by atoms with van der Waals surface area (Å²) in [5.74, 6) is -0.0979. The number of aromatic nitrogens is 2. The molecule has 4 aromatic rings. The second-order valence-electron chi connectivity index (χ2n) is 9.63. The van der Waals surface area contributed by atoms with Crippen molar-refractivity contribution in [3.63, 3.8) is 0 Å². The van der Waals surface area contributed by atoms with Crippen molar-refractivity contribution in [1.29, 1.82) is 0 Å². The van der Waals surface area contributed by atoms with Crippen LogP contribution in [0.5, 0.6) is 0 Å². The van der Waals surface area contributed by atoms with Gasteiger partial charge in [-0.1, -0.05) is 48.0 Å². The number of benzene rings is 3. The van der Waals surface area contributed by atoms with Crippen molar-refractivity contribution in [2.24, 2.45) is 11.7 Å². The Bertz CT molecular complexity index is 1480. The number of halogens is 4. The van der Waals surface area contributed by atoms with Crippen molar-refractivity contribution in [2.75, 3.05) is 16.8 Å². The summed E-state index contributed by atoms with van der Waals surface area (Å²) in [4.78, 5) is 15.5. The Labute approximate surface area is 229 Å². The molecular weight excluding hydrogens is 527 g/mol. The minimum absolute atomic E-state index is 0.196. The number of anilines is 2. The summed E-state index contributed by atoms with van der Waals surface area (Å²) in [5, 5.41) is 7.10. The van der Waals surface area contributed by atoms with Gasteiger partial charge in [0.15, 0.2) is 5.69 Å². The average molecular weight is 554 g/mol. The first-order valence-corrected chi connectivity index (χ1v) is 13.0. The normalized spacial score (nSPS) is 13.4. The molecule has 1 saturated carbocycles. The molecule has 0 spiro atoms. The third kappa shape index (κ3) is 6.43. The van der Waals surface area contributed by atoms with Gasteiger partial charge in [-0.3, -0.25) is 4.79 Å². The first kappa shape index (κ1) is 26.8. The Morgan fingerprint density at radius 1 is 1.03 bits per heavy atom. The number of para-hydroxylation sites is 1. The smallest absolute Gasteiger partial charge is 0.366 e. The van der Waals surface area contributed by atoms with E-state index in [2.05, 4.69) is 15.3 Å². The predicted octanol–water partition coefficient (Wildman–Crippen LogP) is 6.67. The Morgan fingerprint density at radius 3 is 2.49 bits per heavy atom. The molecule has 10 heteroatoms. The van der Waals surface area contributed by atoms with Gasteiger partial charge in [0.25, 0.3) is 5.91 Å². The number of nitrogens with one attached hydrogen (secondary N) is 1. The Morgan fingerprint density at radius 2 is 1.77 bits per heavy atom. The predicted molar refractivity (Wildman–Crippen MR) is 146 cm³/mol. The second-order valence-corrected chi connectivity index (χ2v) is 10.0. The van der Waals surface area contributed by atoms with Crippen molar-refractivity contribution >= 4 is 28.9 Å². The van der Waals surface area contributed by atoms with Crippen LogP contribution in [0, 0.1) is 5.92 Å². The number of nitrogens with two attached hydrogens (primary N) is 1. The summed E-state index contributed by atoms with van der Waals surface area (Å²) >= 11 is 6.48. The lowest BCUT2D eigenvalue weighted by Crippen LogP contribution is -2.25. The zero-order valence-corrected chi connectivity index (χ0v) is 21.7. The Balaban J connectivity index is 1.40. The van der Waals surface area contributed by atoms with Gasteiger partial charge < -0.3 is 16.0 Å². The van der Waals surface area contributed by atoms with Crippen molar-refractivity contribution in [3.8, 4) is 5.69 Å². The number of hydrogen-bond acceptors (Lipinski definition) is 4. The van der Waals surface area contributed by atoms with E-state index >= 15 is 0 Å². The van der Waals surface area contributed by atoms with Crippen molar-refractivity contribution < 1.29 is 18.0 Å². The number of hydrogen-bond donors (Lipinski definition) is 2. The van der Waals surface area contributed by atoms with E-state index in [9.17, 15) is 18.0 Å². The first-order chi connectivity index (χ1) is 18.7. The number of carbonyl (C=O) groups excluding carboxylic acids is 1. The van der Waals surface area contributed by atoms with E-state index in [0.29, 0.717) is 34.4 Å². The van der Waals surface area contributed by atoms with E-state index < -0.39 is 17.8 Å². The average Bonchev–Trinajstić information content (AvgIpc) is 3.60. The van der Waals surface area contributed by atoms with Gasteiger partial charge >= 0.3 is 6.18 Å². The number of alkyl halides is 3. The lowest BCUT2D eigenvalue weighted by molar-refractivity contribution is -0.141. The minimum atomic E-state index is -4.71. The van der Waals surface area contributed by atoms with Gasteiger partial charge in [0.2, 0.25) is 0 Å². The summed E-state index contributed by atoms with van der Waals surface area (Å²) < 4.78 is 41.6. The molecule has 202 valence electrons. The molecule has 39 heavy (non-hydrogen) atoms. The Hall–Kier alpha value is -3.82. The first-order valence-electron chi connectivity index (χ1n) is 12.6. The fourth-order valence-electron chi connectivity index (χ4n) is 4.42. The third-order valence-corrected chi connectivity index (χ3v) is 6.87. The summed E-state index contributed by atoms with van der Waals surface area (Å²) in [7, 11) is 0. The molecule has 0 aliphatic heterocycles. The lowest BCUT2D eigenvalue weighted by atomic mass is 10.1. The molecule has 1 amide bonds. The maximum absolute atomic E-state index is 13.5. The van der Waals surface area contributed by atoms with E-state index in [4.69, 9.17) is 17.3 Å². The number of amides is 1. The van der Waals surface area contributed by atoms with Gasteiger partial charge in [0.1, 0.15) is 5.69 Å². The molecule has 6 nitrogen and oxygen atoms in total. The molecule has 0 atom stereocenters. The largest absolute Gasteiger partial charge is 0.435 e. The summed E-state index contributed by atoms with van der Waals surface area (Å²) in [6.07, 6.45) is -2.35. The van der Waals surface area contributed by atoms with Gasteiger partial charge in [0.05, 0.1) is 16.4 Å². The monoisotopic (exact) mass is 553 g/mol. The molecule has 1 fully saturated rings. The molecule has 1 aliphatic carbocycles. The molecule has 3 N–H and O–H groups in total. The van der Waals surface area contributed by atoms with E-state index in [1.165, 1.54) is 12.8 Å². The summed E-state index contributed by atoms with van der Waals surface area (Å²) in [6, 6.07) is 22.3. The number of nitrogens with zero attached hydrogens (tertiary/aromatic N) is 3. The molecular formula is C29H27ClF3N5O. The van der Waals surface area contributed by atoms with Crippen molar-refractivity contribution in [3.05, 3.63) is 106 Å². The van der Waals surface area contributed by atoms with Gasteiger partial charge in [-0.2, -0.15) is 18.3 Å². The van der Waals surface area contributed by atoms with Crippen LogP contribution in [-0.4, -0.2) is 22.2 Å². The van der Waals surface area contributed by atoms with E-state index in [1.807, 2.05) is 36.4 Å². The topological polar surface area (TPSA) is 76.2 Å².